The Morgan fingerprint density at radius 3 is 1.82 bits per heavy atom. The Kier molecular flexibility index (Phi) is 5.97. The zero-order valence-electron chi connectivity index (χ0n) is 8.58. The van der Waals surface area contributed by atoms with Gasteiger partial charge < -0.3 is 5.26 Å². The summed E-state index contributed by atoms with van der Waals surface area (Å²) in [5, 5.41) is 12.6. The van der Waals surface area contributed by atoms with Gasteiger partial charge in [0.05, 0.1) is 21.8 Å². The Balaban J connectivity index is 3.36. The van der Waals surface area contributed by atoms with E-state index in [4.69, 9.17) is 0 Å². The fourth-order valence-electron chi connectivity index (χ4n) is 1.08. The molecule has 0 saturated heterocycles. The molecule has 0 atom stereocenters. The molecule has 1 aromatic carbocycles. The number of hydrogen-bond acceptors (Lipinski definition) is 6. The van der Waals surface area contributed by atoms with Crippen molar-refractivity contribution in [2.75, 3.05) is 12.5 Å². The summed E-state index contributed by atoms with van der Waals surface area (Å²) >= 11 is 1.80. The van der Waals surface area contributed by atoms with Crippen molar-refractivity contribution in [1.29, 1.82) is 0 Å². The molecule has 1 rings (SSSR count). The monoisotopic (exact) mass is 303 g/mol. The predicted molar refractivity (Wildman–Crippen MR) is 57.9 cm³/mol. The van der Waals surface area contributed by atoms with Gasteiger partial charge in [0.15, 0.2) is 17.5 Å². The van der Waals surface area contributed by atoms with Gasteiger partial charge in [-0.1, -0.05) is 0 Å². The summed E-state index contributed by atoms with van der Waals surface area (Å²) in [5.74, 6) is -3.57. The zero-order valence-corrected chi connectivity index (χ0v) is 11.0. The predicted octanol–water partition coefficient (Wildman–Crippen LogP) is 2.78. The van der Waals surface area contributed by atoms with Gasteiger partial charge in [0.2, 0.25) is 0 Å². The number of rotatable bonds is 5. The molecule has 0 amide bonds. The third kappa shape index (κ3) is 3.04. The van der Waals surface area contributed by atoms with Gasteiger partial charge in [0, 0.05) is 0 Å². The van der Waals surface area contributed by atoms with E-state index in [1.54, 1.807) is 0 Å². The van der Waals surface area contributed by atoms with E-state index >= 15 is 0 Å². The highest BCUT2D eigenvalue weighted by Gasteiger charge is 2.25. The third-order valence-corrected chi connectivity index (χ3v) is 4.11. The summed E-state index contributed by atoms with van der Waals surface area (Å²) in [4.78, 5) is -0.922. The molecule has 0 saturated carbocycles. The minimum absolute atomic E-state index is 0.0108. The van der Waals surface area contributed by atoms with Gasteiger partial charge in [-0.25, -0.2) is 13.2 Å². The zero-order chi connectivity index (χ0) is 13.0. The fraction of sp³-hybridized carbons (Fsp3) is 0.250. The van der Waals surface area contributed by atoms with E-state index in [2.05, 4.69) is 9.37 Å². The van der Waals surface area contributed by atoms with Crippen molar-refractivity contribution >= 4 is 35.6 Å². The van der Waals surface area contributed by atoms with Gasteiger partial charge in [-0.3, -0.25) is 5.04 Å². The first-order chi connectivity index (χ1) is 8.08. The Hall–Kier alpha value is -0.0600. The molecule has 1 aromatic rings. The Bertz CT molecular complexity index is 417. The van der Waals surface area contributed by atoms with Crippen molar-refractivity contribution in [3.05, 3.63) is 17.5 Å². The first kappa shape index (κ1) is 15.0. The molecule has 0 aliphatic rings. The molecule has 17 heavy (non-hydrogen) atoms. The number of hydrogen-bond donors (Lipinski definition) is 0. The molecule has 0 aliphatic carbocycles. The van der Waals surface area contributed by atoms with Crippen molar-refractivity contribution in [2.24, 2.45) is 0 Å². The van der Waals surface area contributed by atoms with Crippen LogP contribution in [0.4, 0.5) is 13.2 Å². The number of thioether (sulfide) groups is 2. The van der Waals surface area contributed by atoms with Gasteiger partial charge in [0.1, 0.15) is 4.90 Å². The lowest BCUT2D eigenvalue weighted by molar-refractivity contribution is -0.777. The van der Waals surface area contributed by atoms with Crippen LogP contribution < -0.4 is 5.26 Å². The highest BCUT2D eigenvalue weighted by Crippen LogP contribution is 2.40. The highest BCUT2D eigenvalue weighted by atomic mass is 32.2. The summed E-state index contributed by atoms with van der Waals surface area (Å²) in [6.45, 7) is 0. The number of benzene rings is 1. The first-order valence-electron chi connectivity index (χ1n) is 4.00. The van der Waals surface area contributed by atoms with E-state index in [1.807, 2.05) is 0 Å². The number of halogens is 3. The summed E-state index contributed by atoms with van der Waals surface area (Å²) in [6, 6.07) is 0. The lowest BCUT2D eigenvalue weighted by Gasteiger charge is -2.13. The fourth-order valence-corrected chi connectivity index (χ4v) is 3.18. The van der Waals surface area contributed by atoms with Gasteiger partial charge >= 0.3 is 0 Å². The van der Waals surface area contributed by atoms with Crippen LogP contribution in [0.3, 0.4) is 0 Å². The lowest BCUT2D eigenvalue weighted by Crippen LogP contribution is -2.04. The Labute approximate surface area is 108 Å². The van der Waals surface area contributed by atoms with Crippen molar-refractivity contribution < 1.29 is 27.8 Å². The van der Waals surface area contributed by atoms with Crippen LogP contribution in [-0.4, -0.2) is 12.5 Å². The van der Waals surface area contributed by atoms with Gasteiger partial charge in [-0.15, -0.1) is 23.5 Å². The van der Waals surface area contributed by atoms with E-state index in [0.717, 1.165) is 23.5 Å². The Morgan fingerprint density at radius 1 is 0.882 bits per heavy atom. The average molecular weight is 303 g/mol. The van der Waals surface area contributed by atoms with Gasteiger partial charge in [0.25, 0.3) is 0 Å². The van der Waals surface area contributed by atoms with E-state index in [-0.39, 0.29) is 21.8 Å². The van der Waals surface area contributed by atoms with Crippen molar-refractivity contribution in [1.82, 2.24) is 0 Å². The van der Waals surface area contributed by atoms with Crippen LogP contribution in [0.2, 0.25) is 0 Å². The average Bonchev–Trinajstić information content (AvgIpc) is 2.33. The Morgan fingerprint density at radius 2 is 1.35 bits per heavy atom. The standard InChI is InChI=1S/C8H7F3O3S3/c1-15-7-4(10)3(9)6(17-14-13-12)5(11)8(7)16-2/h12H,1-2H3/p-1. The summed E-state index contributed by atoms with van der Waals surface area (Å²) in [6.07, 6.45) is 3.02. The minimum Gasteiger partial charge on any atom is -0.691 e. The second-order valence-electron chi connectivity index (χ2n) is 2.56. The molecule has 0 fully saturated rings. The molecule has 0 heterocycles. The third-order valence-electron chi connectivity index (χ3n) is 1.75. The molecular formula is C8H6F3O3S3-. The van der Waals surface area contributed by atoms with E-state index in [1.165, 1.54) is 12.5 Å². The van der Waals surface area contributed by atoms with E-state index < -0.39 is 22.3 Å². The maximum atomic E-state index is 13.8. The maximum absolute atomic E-state index is 13.8. The molecule has 3 nitrogen and oxygen atoms in total. The van der Waals surface area contributed by atoms with Crippen LogP contribution in [0.25, 0.3) is 0 Å². The summed E-state index contributed by atoms with van der Waals surface area (Å²) in [5.41, 5.74) is 0. The summed E-state index contributed by atoms with van der Waals surface area (Å²) in [7, 11) is 0. The quantitative estimate of drug-likeness (QED) is 0.274. The lowest BCUT2D eigenvalue weighted by atomic mass is 10.3. The van der Waals surface area contributed by atoms with Gasteiger partial charge in [-0.2, -0.15) is 4.33 Å². The van der Waals surface area contributed by atoms with Crippen LogP contribution >= 0.6 is 35.6 Å². The molecule has 0 radical (unpaired) electrons. The topological polar surface area (TPSA) is 41.5 Å². The second kappa shape index (κ2) is 6.76. The first-order valence-corrected chi connectivity index (χ1v) is 7.19. The highest BCUT2D eigenvalue weighted by molar-refractivity contribution is 8.01. The van der Waals surface area contributed by atoms with Crippen molar-refractivity contribution in [3.63, 3.8) is 0 Å². The smallest absolute Gasteiger partial charge is 0.179 e. The molecular weight excluding hydrogens is 297 g/mol. The molecule has 0 spiro atoms. The largest absolute Gasteiger partial charge is 0.691 e. The SMILES string of the molecule is CSc1c(F)c(F)c(SOO[O-])c(F)c1SC. The molecule has 0 aromatic heterocycles. The minimum atomic E-state index is -1.41. The molecule has 0 N–H and O–H groups in total. The summed E-state index contributed by atoms with van der Waals surface area (Å²) < 4.78 is 44.6. The van der Waals surface area contributed by atoms with Crippen LogP contribution in [0, 0.1) is 17.5 Å². The molecule has 0 aliphatic heterocycles. The van der Waals surface area contributed by atoms with E-state index in [0.29, 0.717) is 0 Å². The van der Waals surface area contributed by atoms with Crippen molar-refractivity contribution in [3.8, 4) is 0 Å². The van der Waals surface area contributed by atoms with E-state index in [9.17, 15) is 18.4 Å². The molecule has 0 unspecified atom stereocenters. The van der Waals surface area contributed by atoms with Crippen LogP contribution in [0.5, 0.6) is 0 Å². The van der Waals surface area contributed by atoms with Gasteiger partial charge in [-0.05, 0) is 12.5 Å². The second-order valence-corrected chi connectivity index (χ2v) is 4.90. The van der Waals surface area contributed by atoms with Crippen LogP contribution in [0.15, 0.2) is 14.7 Å². The molecule has 0 bridgehead atoms. The normalized spacial score (nSPS) is 10.9. The van der Waals surface area contributed by atoms with Crippen molar-refractivity contribution in [2.45, 2.75) is 14.7 Å². The molecule has 96 valence electrons. The molecule has 9 heteroatoms. The maximum Gasteiger partial charge on any atom is 0.179 e. The van der Waals surface area contributed by atoms with Crippen LogP contribution in [-0.2, 0) is 9.37 Å². The van der Waals surface area contributed by atoms with Crippen LogP contribution in [0.1, 0.15) is 0 Å².